The summed E-state index contributed by atoms with van der Waals surface area (Å²) in [7, 11) is 0. The van der Waals surface area contributed by atoms with Crippen LogP contribution in [-0.4, -0.2) is 17.6 Å². The van der Waals surface area contributed by atoms with E-state index in [-0.39, 0.29) is 5.85 Å². The van der Waals surface area contributed by atoms with Crippen molar-refractivity contribution in [2.24, 2.45) is 0 Å². The van der Waals surface area contributed by atoms with E-state index < -0.39 is 0 Å². The number of nitrogens with one attached hydrogen (secondary N) is 1. The van der Waals surface area contributed by atoms with Gasteiger partial charge in [0, 0.05) is 6.42 Å². The first-order chi connectivity index (χ1) is 3.87. The highest BCUT2D eigenvalue weighted by Gasteiger charge is 2.62. The number of fused-ring (bicyclic) bond motifs is 1. The second-order valence-electron chi connectivity index (χ2n) is 2.34. The first-order valence-corrected chi connectivity index (χ1v) is 3.09. The third-order valence-electron chi connectivity index (χ3n) is 1.72. The smallest absolute Gasteiger partial charge is 0.220 e. The number of hydrogen-bond donors (Lipinski definition) is 1. The lowest BCUT2D eigenvalue weighted by Gasteiger charge is -2.19. The lowest BCUT2D eigenvalue weighted by atomic mass is 10.2. The molecule has 2 rings (SSSR count). The Morgan fingerprint density at radius 2 is 2.75 bits per heavy atom. The topological polar surface area (TPSA) is 27.6 Å². The first kappa shape index (κ1) is 4.73. The van der Waals surface area contributed by atoms with Gasteiger partial charge in [0.15, 0.2) is 0 Å². The number of hydrogen-bond acceptors (Lipinski definition) is 3. The Kier molecular flexibility index (Phi) is 0.730. The monoisotopic (exact) mass is 114 g/mol. The van der Waals surface area contributed by atoms with Gasteiger partial charge in [-0.05, 0) is 0 Å². The minimum absolute atomic E-state index is 0.0226. The van der Waals surface area contributed by atoms with Crippen molar-refractivity contribution in [3.63, 3.8) is 0 Å². The van der Waals surface area contributed by atoms with Crippen LogP contribution in [0, 0.1) is 0 Å². The molecule has 0 aromatic heterocycles. The van der Waals surface area contributed by atoms with Crippen LogP contribution < -0.4 is 5.32 Å². The van der Waals surface area contributed by atoms with Crippen molar-refractivity contribution in [3.05, 3.63) is 0 Å². The fourth-order valence-corrected chi connectivity index (χ4v) is 1.14. The predicted octanol–water partition coefficient (Wildman–Crippen LogP) is 0.248. The molecule has 8 heavy (non-hydrogen) atoms. The molecule has 1 N–H and O–H groups in total. The van der Waals surface area contributed by atoms with Crippen LogP contribution in [0.1, 0.15) is 19.8 Å². The maximum Gasteiger partial charge on any atom is 0.220 e. The summed E-state index contributed by atoms with van der Waals surface area (Å²) >= 11 is 0. The molecule has 3 heteroatoms. The molecular formula is C5H10N2O. The molecule has 0 bridgehead atoms. The van der Waals surface area contributed by atoms with Crippen LogP contribution in [-0.2, 0) is 4.84 Å². The molecule has 0 saturated carbocycles. The van der Waals surface area contributed by atoms with Gasteiger partial charge in [0.05, 0.1) is 6.67 Å². The Bertz CT molecular complexity index is 113. The van der Waals surface area contributed by atoms with Crippen LogP contribution in [0.5, 0.6) is 0 Å². The van der Waals surface area contributed by atoms with Crippen LogP contribution >= 0.6 is 0 Å². The number of nitrogens with zero attached hydrogens (tertiary/aromatic N) is 1. The Balaban J connectivity index is 1.89. The van der Waals surface area contributed by atoms with Crippen molar-refractivity contribution in [3.8, 4) is 0 Å². The zero-order chi connectivity index (χ0) is 5.61. The van der Waals surface area contributed by atoms with E-state index in [0.717, 1.165) is 13.1 Å². The van der Waals surface area contributed by atoms with Gasteiger partial charge in [0.2, 0.25) is 5.85 Å². The summed E-state index contributed by atoms with van der Waals surface area (Å²) in [5.41, 5.74) is 0. The summed E-state index contributed by atoms with van der Waals surface area (Å²) in [5.74, 6) is 0.0226. The Morgan fingerprint density at radius 3 is 2.88 bits per heavy atom. The number of hydroxylamine groups is 2. The predicted molar refractivity (Wildman–Crippen MR) is 28.6 cm³/mol. The van der Waals surface area contributed by atoms with Crippen molar-refractivity contribution < 1.29 is 4.84 Å². The molecule has 2 fully saturated rings. The van der Waals surface area contributed by atoms with E-state index in [9.17, 15) is 0 Å². The lowest BCUT2D eigenvalue weighted by molar-refractivity contribution is 0.181. The first-order valence-electron chi connectivity index (χ1n) is 3.09. The number of rotatable bonds is 2. The second-order valence-corrected chi connectivity index (χ2v) is 2.34. The summed E-state index contributed by atoms with van der Waals surface area (Å²) in [5, 5.41) is 5.17. The average molecular weight is 114 g/mol. The fraction of sp³-hybridized carbons (Fsp3) is 1.00. The molecular weight excluding hydrogens is 104 g/mol. The lowest BCUT2D eigenvalue weighted by Crippen LogP contribution is -2.50. The highest BCUT2D eigenvalue weighted by atomic mass is 16.9. The summed E-state index contributed by atoms with van der Waals surface area (Å²) < 4.78 is 0. The second kappa shape index (κ2) is 1.23. The highest BCUT2D eigenvalue weighted by Crippen LogP contribution is 2.41. The Hall–Kier alpha value is -0.120. The van der Waals surface area contributed by atoms with Gasteiger partial charge in [-0.3, -0.25) is 10.2 Å². The fourth-order valence-electron chi connectivity index (χ4n) is 1.14. The summed E-state index contributed by atoms with van der Waals surface area (Å²) in [6.45, 7) is 3.08. The Morgan fingerprint density at radius 1 is 1.88 bits per heavy atom. The summed E-state index contributed by atoms with van der Waals surface area (Å²) in [6.07, 6.45) is 2.30. The van der Waals surface area contributed by atoms with Crippen LogP contribution in [0.4, 0.5) is 0 Å². The third-order valence-corrected chi connectivity index (χ3v) is 1.72. The van der Waals surface area contributed by atoms with E-state index in [2.05, 4.69) is 12.2 Å². The van der Waals surface area contributed by atoms with Gasteiger partial charge in [-0.15, -0.1) is 5.06 Å². The molecule has 0 spiro atoms. The molecule has 46 valence electrons. The van der Waals surface area contributed by atoms with Crippen molar-refractivity contribution in [1.82, 2.24) is 10.4 Å². The van der Waals surface area contributed by atoms with E-state index >= 15 is 0 Å². The van der Waals surface area contributed by atoms with Crippen molar-refractivity contribution >= 4 is 0 Å². The minimum Gasteiger partial charge on any atom is -0.258 e. The largest absolute Gasteiger partial charge is 0.258 e. The van der Waals surface area contributed by atoms with E-state index in [1.54, 1.807) is 0 Å². The zero-order valence-corrected chi connectivity index (χ0v) is 4.98. The van der Waals surface area contributed by atoms with E-state index in [4.69, 9.17) is 4.84 Å². The molecule has 0 amide bonds. The van der Waals surface area contributed by atoms with Gasteiger partial charge in [0.1, 0.15) is 0 Å². The third kappa shape index (κ3) is 0.393. The highest BCUT2D eigenvalue weighted by molar-refractivity contribution is 4.91. The van der Waals surface area contributed by atoms with Gasteiger partial charge < -0.3 is 0 Å². The van der Waals surface area contributed by atoms with E-state index in [1.165, 1.54) is 6.42 Å². The standard InChI is InChI=1S/C5H10N2O/c1-2-3-5-6-4-7(5)8-5/h6H,2-4H2,1H3. The quantitative estimate of drug-likeness (QED) is 0.521. The van der Waals surface area contributed by atoms with Gasteiger partial charge in [-0.25, -0.2) is 0 Å². The normalized spacial score (nSPS) is 49.9. The van der Waals surface area contributed by atoms with Crippen molar-refractivity contribution in [1.29, 1.82) is 0 Å². The van der Waals surface area contributed by atoms with Crippen molar-refractivity contribution in [2.75, 3.05) is 6.67 Å². The molecule has 0 aromatic rings. The molecule has 3 nitrogen and oxygen atoms in total. The van der Waals surface area contributed by atoms with Gasteiger partial charge >= 0.3 is 0 Å². The molecule has 2 aliphatic rings. The Labute approximate surface area is 48.6 Å². The van der Waals surface area contributed by atoms with Crippen LogP contribution in [0.15, 0.2) is 0 Å². The molecule has 0 aromatic carbocycles. The van der Waals surface area contributed by atoms with Crippen molar-refractivity contribution in [2.45, 2.75) is 25.6 Å². The average Bonchev–Trinajstić information content (AvgIpc) is 2.19. The minimum atomic E-state index is 0.0226. The summed E-state index contributed by atoms with van der Waals surface area (Å²) in [4.78, 5) is 5.18. The molecule has 2 heterocycles. The zero-order valence-electron chi connectivity index (χ0n) is 4.98. The maximum absolute atomic E-state index is 5.18. The maximum atomic E-state index is 5.18. The van der Waals surface area contributed by atoms with E-state index in [1.807, 2.05) is 5.06 Å². The molecule has 0 radical (unpaired) electrons. The molecule has 0 aliphatic carbocycles. The molecule has 2 unspecified atom stereocenters. The van der Waals surface area contributed by atoms with E-state index in [0.29, 0.717) is 0 Å². The molecule has 2 atom stereocenters. The van der Waals surface area contributed by atoms with Crippen LogP contribution in [0.25, 0.3) is 0 Å². The molecule has 2 saturated heterocycles. The van der Waals surface area contributed by atoms with Gasteiger partial charge in [-0.2, -0.15) is 0 Å². The van der Waals surface area contributed by atoms with Crippen LogP contribution in [0.3, 0.4) is 0 Å². The molecule has 2 aliphatic heterocycles. The van der Waals surface area contributed by atoms with Crippen LogP contribution in [0.2, 0.25) is 0 Å². The van der Waals surface area contributed by atoms with Gasteiger partial charge in [-0.1, -0.05) is 13.3 Å². The van der Waals surface area contributed by atoms with Gasteiger partial charge in [0.25, 0.3) is 0 Å². The summed E-state index contributed by atoms with van der Waals surface area (Å²) in [6, 6.07) is 0. The SMILES string of the molecule is CCCC12NCN1O2.